The second-order valence-corrected chi connectivity index (χ2v) is 3.38. The summed E-state index contributed by atoms with van der Waals surface area (Å²) in [5.74, 6) is 0.0452. The second kappa shape index (κ2) is 3.80. The smallest absolute Gasteiger partial charge is 0.224 e. The first-order valence-corrected chi connectivity index (χ1v) is 4.79. The molecule has 0 spiro atoms. The summed E-state index contributed by atoms with van der Waals surface area (Å²) in [5.41, 5.74) is 3.26. The van der Waals surface area contributed by atoms with Crippen LogP contribution in [0.1, 0.15) is 24.5 Å². The molecule has 0 saturated heterocycles. The first kappa shape index (κ1) is 9.21. The molecule has 1 aliphatic heterocycles. The summed E-state index contributed by atoms with van der Waals surface area (Å²) in [6.07, 6.45) is 0.508. The van der Waals surface area contributed by atoms with Gasteiger partial charge in [0.15, 0.2) is 0 Å². The zero-order chi connectivity index (χ0) is 9.97. The molecule has 0 saturated carbocycles. The summed E-state index contributed by atoms with van der Waals surface area (Å²) < 4.78 is 5.29. The summed E-state index contributed by atoms with van der Waals surface area (Å²) in [5, 5.41) is 2.83. The van der Waals surface area contributed by atoms with Crippen LogP contribution in [0.4, 0.5) is 5.69 Å². The molecular weight excluding hydrogens is 178 g/mol. The molecular formula is C11H13NO2. The predicted molar refractivity (Wildman–Crippen MR) is 53.9 cm³/mol. The average Bonchev–Trinajstić information content (AvgIpc) is 2.64. The predicted octanol–water partition coefficient (Wildman–Crippen LogP) is 2.07. The fraction of sp³-hybridized carbons (Fsp3) is 0.364. The van der Waals surface area contributed by atoms with E-state index in [9.17, 15) is 4.79 Å². The molecule has 0 unspecified atom stereocenters. The Bertz CT molecular complexity index is 360. The minimum Gasteiger partial charge on any atom is -0.372 e. The molecule has 1 aromatic rings. The van der Waals surface area contributed by atoms with E-state index in [1.54, 1.807) is 0 Å². The van der Waals surface area contributed by atoms with Gasteiger partial charge in [0.25, 0.3) is 0 Å². The van der Waals surface area contributed by atoms with Crippen LogP contribution in [0, 0.1) is 0 Å². The van der Waals surface area contributed by atoms with Crippen molar-refractivity contribution < 1.29 is 9.53 Å². The number of amides is 1. The molecule has 1 amide bonds. The molecule has 0 atom stereocenters. The molecule has 3 nitrogen and oxygen atoms in total. The molecule has 0 bridgehead atoms. The molecule has 0 aromatic heterocycles. The average molecular weight is 191 g/mol. The first-order valence-electron chi connectivity index (χ1n) is 4.79. The Kier molecular flexibility index (Phi) is 2.50. The number of anilines is 1. The Morgan fingerprint density at radius 2 is 2.21 bits per heavy atom. The van der Waals surface area contributed by atoms with Gasteiger partial charge in [0.1, 0.15) is 0 Å². The van der Waals surface area contributed by atoms with Crippen molar-refractivity contribution in [2.75, 3.05) is 5.32 Å². The Balaban J connectivity index is 2.16. The largest absolute Gasteiger partial charge is 0.372 e. The monoisotopic (exact) mass is 191 g/mol. The van der Waals surface area contributed by atoms with Crippen molar-refractivity contribution in [1.82, 2.24) is 0 Å². The van der Waals surface area contributed by atoms with Crippen LogP contribution < -0.4 is 5.32 Å². The Morgan fingerprint density at radius 1 is 1.43 bits per heavy atom. The SMILES string of the molecule is CCC(=O)Nc1ccc2c(c1)COC2. The van der Waals surface area contributed by atoms with Gasteiger partial charge in [-0.05, 0) is 23.3 Å². The van der Waals surface area contributed by atoms with Gasteiger partial charge in [0.05, 0.1) is 13.2 Å². The first-order chi connectivity index (χ1) is 6.79. The standard InChI is InChI=1S/C11H13NO2/c1-2-11(13)12-10-4-3-8-6-14-7-9(8)5-10/h3-5H,2,6-7H2,1H3,(H,12,13). The molecule has 1 heterocycles. The van der Waals surface area contributed by atoms with Gasteiger partial charge < -0.3 is 10.1 Å². The molecule has 0 aliphatic carbocycles. The van der Waals surface area contributed by atoms with Gasteiger partial charge in [-0.25, -0.2) is 0 Å². The number of carbonyl (C=O) groups excluding carboxylic acids is 1. The van der Waals surface area contributed by atoms with Gasteiger partial charge in [-0.1, -0.05) is 13.0 Å². The van der Waals surface area contributed by atoms with Gasteiger partial charge in [0.2, 0.25) is 5.91 Å². The topological polar surface area (TPSA) is 38.3 Å². The van der Waals surface area contributed by atoms with E-state index in [0.29, 0.717) is 19.6 Å². The Labute approximate surface area is 83.1 Å². The molecule has 1 aromatic carbocycles. The second-order valence-electron chi connectivity index (χ2n) is 3.38. The molecule has 1 aliphatic rings. The maximum absolute atomic E-state index is 11.1. The van der Waals surface area contributed by atoms with Crippen LogP contribution in [0.15, 0.2) is 18.2 Å². The molecule has 74 valence electrons. The minimum absolute atomic E-state index is 0.0452. The fourth-order valence-corrected chi connectivity index (χ4v) is 1.50. The normalized spacial score (nSPS) is 13.8. The van der Waals surface area contributed by atoms with E-state index in [0.717, 1.165) is 5.69 Å². The van der Waals surface area contributed by atoms with Crippen molar-refractivity contribution in [1.29, 1.82) is 0 Å². The quantitative estimate of drug-likeness (QED) is 0.777. The van der Waals surface area contributed by atoms with Crippen molar-refractivity contribution >= 4 is 11.6 Å². The number of ether oxygens (including phenoxy) is 1. The van der Waals surface area contributed by atoms with Crippen LogP contribution in [0.2, 0.25) is 0 Å². The van der Waals surface area contributed by atoms with Crippen LogP contribution in [0.25, 0.3) is 0 Å². The van der Waals surface area contributed by atoms with Crippen LogP contribution in [0.5, 0.6) is 0 Å². The lowest BCUT2D eigenvalue weighted by atomic mass is 10.1. The summed E-state index contributed by atoms with van der Waals surface area (Å²) in [4.78, 5) is 11.1. The highest BCUT2D eigenvalue weighted by Gasteiger charge is 2.11. The van der Waals surface area contributed by atoms with E-state index in [1.807, 2.05) is 25.1 Å². The van der Waals surface area contributed by atoms with Crippen molar-refractivity contribution in [3.63, 3.8) is 0 Å². The fourth-order valence-electron chi connectivity index (χ4n) is 1.50. The van der Waals surface area contributed by atoms with E-state index < -0.39 is 0 Å². The van der Waals surface area contributed by atoms with Crippen molar-refractivity contribution in [2.45, 2.75) is 26.6 Å². The van der Waals surface area contributed by atoms with Crippen molar-refractivity contribution in [3.05, 3.63) is 29.3 Å². The number of hydrogen-bond donors (Lipinski definition) is 1. The van der Waals surface area contributed by atoms with Gasteiger partial charge in [-0.2, -0.15) is 0 Å². The Morgan fingerprint density at radius 3 is 3.00 bits per heavy atom. The summed E-state index contributed by atoms with van der Waals surface area (Å²) in [6, 6.07) is 5.91. The van der Waals surface area contributed by atoms with Crippen LogP contribution >= 0.6 is 0 Å². The molecule has 0 radical (unpaired) electrons. The minimum atomic E-state index is 0.0452. The number of hydrogen-bond acceptors (Lipinski definition) is 2. The molecule has 1 N–H and O–H groups in total. The number of nitrogens with one attached hydrogen (secondary N) is 1. The van der Waals surface area contributed by atoms with Crippen LogP contribution in [-0.2, 0) is 22.7 Å². The lowest BCUT2D eigenvalue weighted by molar-refractivity contribution is -0.115. The van der Waals surface area contributed by atoms with E-state index in [2.05, 4.69) is 5.32 Å². The van der Waals surface area contributed by atoms with E-state index >= 15 is 0 Å². The number of fused-ring (bicyclic) bond motifs is 1. The maximum Gasteiger partial charge on any atom is 0.224 e. The van der Waals surface area contributed by atoms with Crippen molar-refractivity contribution in [3.8, 4) is 0 Å². The van der Waals surface area contributed by atoms with E-state index in [4.69, 9.17) is 4.74 Å². The number of carbonyl (C=O) groups is 1. The molecule has 14 heavy (non-hydrogen) atoms. The number of rotatable bonds is 2. The summed E-state index contributed by atoms with van der Waals surface area (Å²) in [6.45, 7) is 3.19. The highest BCUT2D eigenvalue weighted by Crippen LogP contribution is 2.23. The van der Waals surface area contributed by atoms with Gasteiger partial charge >= 0.3 is 0 Å². The lowest BCUT2D eigenvalue weighted by Crippen LogP contribution is -2.09. The third-order valence-corrected chi connectivity index (χ3v) is 2.33. The molecule has 2 rings (SSSR count). The van der Waals surface area contributed by atoms with Crippen LogP contribution in [-0.4, -0.2) is 5.91 Å². The molecule has 0 fully saturated rings. The number of benzene rings is 1. The zero-order valence-corrected chi connectivity index (χ0v) is 8.17. The van der Waals surface area contributed by atoms with E-state index in [-0.39, 0.29) is 5.91 Å². The van der Waals surface area contributed by atoms with E-state index in [1.165, 1.54) is 11.1 Å². The van der Waals surface area contributed by atoms with Gasteiger partial charge in [-0.3, -0.25) is 4.79 Å². The zero-order valence-electron chi connectivity index (χ0n) is 8.17. The lowest BCUT2D eigenvalue weighted by Gasteiger charge is -2.04. The Hall–Kier alpha value is -1.35. The van der Waals surface area contributed by atoms with Gasteiger partial charge in [-0.15, -0.1) is 0 Å². The summed E-state index contributed by atoms with van der Waals surface area (Å²) >= 11 is 0. The highest BCUT2D eigenvalue weighted by atomic mass is 16.5. The molecule has 3 heteroatoms. The van der Waals surface area contributed by atoms with Crippen LogP contribution in [0.3, 0.4) is 0 Å². The summed E-state index contributed by atoms with van der Waals surface area (Å²) in [7, 11) is 0. The third-order valence-electron chi connectivity index (χ3n) is 2.33. The maximum atomic E-state index is 11.1. The van der Waals surface area contributed by atoms with Crippen molar-refractivity contribution in [2.24, 2.45) is 0 Å². The third kappa shape index (κ3) is 1.77. The van der Waals surface area contributed by atoms with Gasteiger partial charge in [0, 0.05) is 12.1 Å². The highest BCUT2D eigenvalue weighted by molar-refractivity contribution is 5.90.